The number of para-hydroxylation sites is 1. The molecule has 23 heavy (non-hydrogen) atoms. The molecule has 1 aromatic heterocycles. The average molecular weight is 337 g/mol. The number of sulfonamides is 1. The van der Waals surface area contributed by atoms with E-state index in [2.05, 4.69) is 9.88 Å². The molecule has 1 saturated heterocycles. The van der Waals surface area contributed by atoms with E-state index in [1.54, 1.807) is 29.2 Å². The quantitative estimate of drug-likeness (QED) is 0.886. The van der Waals surface area contributed by atoms with Gasteiger partial charge in [-0.3, -0.25) is 4.79 Å². The van der Waals surface area contributed by atoms with Crippen LogP contribution >= 0.6 is 0 Å². The molecule has 3 rings (SSSR count). The maximum atomic E-state index is 12.4. The summed E-state index contributed by atoms with van der Waals surface area (Å²) in [4.78, 5) is 13.9. The van der Waals surface area contributed by atoms with E-state index in [9.17, 15) is 13.2 Å². The Bertz CT molecular complexity index is 828. The summed E-state index contributed by atoms with van der Waals surface area (Å²) >= 11 is 0. The van der Waals surface area contributed by atoms with Crippen molar-refractivity contribution in [3.8, 4) is 0 Å². The van der Waals surface area contributed by atoms with Gasteiger partial charge >= 0.3 is 0 Å². The maximum Gasteiger partial charge on any atom is 0.241 e. The molecule has 7 nitrogen and oxygen atoms in total. The number of hydrogen-bond donors (Lipinski definition) is 1. The van der Waals surface area contributed by atoms with Crippen LogP contribution in [0.2, 0.25) is 0 Å². The summed E-state index contributed by atoms with van der Waals surface area (Å²) in [7, 11) is -3.68. The van der Waals surface area contributed by atoms with Crippen molar-refractivity contribution in [2.24, 2.45) is 0 Å². The first-order valence-electron chi connectivity index (χ1n) is 7.51. The molecule has 1 N–H and O–H groups in total. The highest BCUT2D eigenvalue weighted by atomic mass is 32.2. The molecule has 0 unspecified atom stereocenters. The summed E-state index contributed by atoms with van der Waals surface area (Å²) in [5.41, 5.74) is 0.889. The monoisotopic (exact) mass is 337 g/mol. The molecule has 1 aliphatic heterocycles. The van der Waals surface area contributed by atoms with Crippen LogP contribution in [-0.2, 0) is 20.6 Å². The fourth-order valence-electron chi connectivity index (χ4n) is 2.80. The van der Waals surface area contributed by atoms with Crippen molar-refractivity contribution in [1.82, 2.24) is 14.8 Å². The van der Waals surface area contributed by atoms with Crippen molar-refractivity contribution in [3.63, 3.8) is 0 Å². The van der Waals surface area contributed by atoms with E-state index in [4.69, 9.17) is 4.52 Å². The van der Waals surface area contributed by atoms with Gasteiger partial charge in [-0.25, -0.2) is 13.1 Å². The van der Waals surface area contributed by atoms with E-state index in [0.29, 0.717) is 29.6 Å². The second-order valence-electron chi connectivity index (χ2n) is 5.97. The number of nitrogens with zero attached hydrogens (tertiary/aromatic N) is 2. The molecule has 0 saturated carbocycles. The van der Waals surface area contributed by atoms with Gasteiger partial charge < -0.3 is 9.42 Å². The predicted octanol–water partition coefficient (Wildman–Crippen LogP) is 1.26. The summed E-state index contributed by atoms with van der Waals surface area (Å²) in [5, 5.41) is 4.49. The van der Waals surface area contributed by atoms with Gasteiger partial charge in [0.1, 0.15) is 17.5 Å². The van der Waals surface area contributed by atoms with Crippen molar-refractivity contribution in [2.75, 3.05) is 6.54 Å². The van der Waals surface area contributed by atoms with Gasteiger partial charge in [0.2, 0.25) is 15.9 Å². The third kappa shape index (κ3) is 3.23. The number of carbonyl (C=O) groups excluding carboxylic acids is 1. The SMILES string of the molecule is CC(C)N1CC[C@H](NS(=O)(=O)Cc2noc3ccccc23)C1=O. The molecular formula is C15H19N3O4S. The second-order valence-corrected chi connectivity index (χ2v) is 7.72. The van der Waals surface area contributed by atoms with Crippen molar-refractivity contribution in [2.45, 2.75) is 38.1 Å². The van der Waals surface area contributed by atoms with Crippen LogP contribution in [-0.4, -0.2) is 43.0 Å². The lowest BCUT2D eigenvalue weighted by molar-refractivity contribution is -0.130. The Morgan fingerprint density at radius 1 is 1.39 bits per heavy atom. The van der Waals surface area contributed by atoms with Crippen molar-refractivity contribution in [1.29, 1.82) is 0 Å². The number of amides is 1. The minimum atomic E-state index is -3.68. The Labute approximate surface area is 134 Å². The molecule has 1 fully saturated rings. The van der Waals surface area contributed by atoms with Crippen LogP contribution in [0.3, 0.4) is 0 Å². The highest BCUT2D eigenvalue weighted by Crippen LogP contribution is 2.20. The van der Waals surface area contributed by atoms with Gasteiger partial charge in [0, 0.05) is 18.0 Å². The lowest BCUT2D eigenvalue weighted by atomic mass is 10.2. The Hall–Kier alpha value is -1.93. The Morgan fingerprint density at radius 2 is 2.13 bits per heavy atom. The van der Waals surface area contributed by atoms with Crippen LogP contribution in [0.1, 0.15) is 26.0 Å². The largest absolute Gasteiger partial charge is 0.356 e. The van der Waals surface area contributed by atoms with E-state index >= 15 is 0 Å². The third-order valence-electron chi connectivity index (χ3n) is 3.96. The topological polar surface area (TPSA) is 92.5 Å². The Kier molecular flexibility index (Phi) is 4.11. The maximum absolute atomic E-state index is 12.4. The number of benzene rings is 1. The molecule has 1 atom stereocenters. The molecule has 1 amide bonds. The smallest absolute Gasteiger partial charge is 0.241 e. The van der Waals surface area contributed by atoms with E-state index < -0.39 is 16.1 Å². The van der Waals surface area contributed by atoms with Crippen molar-refractivity contribution < 1.29 is 17.7 Å². The van der Waals surface area contributed by atoms with Crippen LogP contribution in [0, 0.1) is 0 Å². The van der Waals surface area contributed by atoms with Gasteiger partial charge in [0.05, 0.1) is 0 Å². The summed E-state index contributed by atoms with van der Waals surface area (Å²) in [6, 6.07) is 6.45. The van der Waals surface area contributed by atoms with Gasteiger partial charge in [-0.05, 0) is 32.4 Å². The molecule has 8 heteroatoms. The van der Waals surface area contributed by atoms with Gasteiger partial charge in [0.25, 0.3) is 0 Å². The number of nitrogens with one attached hydrogen (secondary N) is 1. The number of fused-ring (bicyclic) bond motifs is 1. The summed E-state index contributed by atoms with van der Waals surface area (Å²) in [6.07, 6.45) is 0.482. The van der Waals surface area contributed by atoms with Gasteiger partial charge in [-0.2, -0.15) is 0 Å². The number of rotatable bonds is 5. The zero-order chi connectivity index (χ0) is 16.6. The van der Waals surface area contributed by atoms with Crippen LogP contribution in [0.25, 0.3) is 11.0 Å². The van der Waals surface area contributed by atoms with Gasteiger partial charge in [0.15, 0.2) is 5.58 Å². The molecule has 2 heterocycles. The molecule has 2 aromatic rings. The van der Waals surface area contributed by atoms with Crippen LogP contribution in [0.5, 0.6) is 0 Å². The molecule has 0 aliphatic carbocycles. The average Bonchev–Trinajstić information content (AvgIpc) is 3.04. The number of carbonyl (C=O) groups is 1. The highest BCUT2D eigenvalue weighted by molar-refractivity contribution is 7.88. The molecule has 1 aliphatic rings. The lowest BCUT2D eigenvalue weighted by Crippen LogP contribution is -2.43. The minimum Gasteiger partial charge on any atom is -0.356 e. The number of likely N-dealkylation sites (tertiary alicyclic amines) is 1. The second kappa shape index (κ2) is 5.93. The lowest BCUT2D eigenvalue weighted by Gasteiger charge is -2.21. The molecular weight excluding hydrogens is 318 g/mol. The summed E-state index contributed by atoms with van der Waals surface area (Å²) in [5.74, 6) is -0.483. The van der Waals surface area contributed by atoms with E-state index in [0.717, 1.165) is 0 Å². The fourth-order valence-corrected chi connectivity index (χ4v) is 4.11. The van der Waals surface area contributed by atoms with Crippen LogP contribution in [0.15, 0.2) is 28.8 Å². The molecule has 124 valence electrons. The van der Waals surface area contributed by atoms with Gasteiger partial charge in [-0.1, -0.05) is 17.3 Å². The minimum absolute atomic E-state index is 0.0662. The third-order valence-corrected chi connectivity index (χ3v) is 5.26. The predicted molar refractivity (Wildman–Crippen MR) is 85.0 cm³/mol. The number of aromatic nitrogens is 1. The normalized spacial score (nSPS) is 19.2. The zero-order valence-electron chi connectivity index (χ0n) is 13.0. The van der Waals surface area contributed by atoms with E-state index in [1.807, 2.05) is 13.8 Å². The molecule has 0 bridgehead atoms. The first-order valence-corrected chi connectivity index (χ1v) is 9.16. The summed E-state index contributed by atoms with van der Waals surface area (Å²) in [6.45, 7) is 4.39. The van der Waals surface area contributed by atoms with Crippen molar-refractivity contribution in [3.05, 3.63) is 30.0 Å². The van der Waals surface area contributed by atoms with Crippen LogP contribution in [0.4, 0.5) is 0 Å². The van der Waals surface area contributed by atoms with E-state index in [1.165, 1.54) is 0 Å². The van der Waals surface area contributed by atoms with E-state index in [-0.39, 0.29) is 17.7 Å². The Morgan fingerprint density at radius 3 is 2.83 bits per heavy atom. The fraction of sp³-hybridized carbons (Fsp3) is 0.467. The molecule has 0 radical (unpaired) electrons. The van der Waals surface area contributed by atoms with Crippen LogP contribution < -0.4 is 4.72 Å². The summed E-state index contributed by atoms with van der Waals surface area (Å²) < 4.78 is 32.3. The molecule has 0 spiro atoms. The first kappa shape index (κ1) is 15.9. The molecule has 1 aromatic carbocycles. The highest BCUT2D eigenvalue weighted by Gasteiger charge is 2.35. The van der Waals surface area contributed by atoms with Crippen molar-refractivity contribution >= 4 is 26.9 Å². The number of hydrogen-bond acceptors (Lipinski definition) is 5. The standard InChI is InChI=1S/C15H19N3O4S/c1-10(2)18-8-7-12(15(18)19)17-23(20,21)9-13-11-5-3-4-6-14(11)22-16-13/h3-6,10,12,17H,7-9H2,1-2H3/t12-/m0/s1. The zero-order valence-corrected chi connectivity index (χ0v) is 13.8. The van der Waals surface area contributed by atoms with Gasteiger partial charge in [-0.15, -0.1) is 0 Å². The first-order chi connectivity index (χ1) is 10.9. The Balaban J connectivity index is 1.74.